The molecule has 3 rings (SSSR count). The van der Waals surface area contributed by atoms with Crippen LogP contribution in [0.5, 0.6) is 5.75 Å². The van der Waals surface area contributed by atoms with Gasteiger partial charge in [-0.05, 0) is 42.2 Å². The Balaban J connectivity index is 0.00000300. The molecule has 2 aromatic rings. The van der Waals surface area contributed by atoms with Crippen LogP contribution in [0.1, 0.15) is 27.9 Å². The standard InChI is InChI=1S/C22H28N4O2.HI/c1-23-22(25-13-5-12-24-21(27)18-6-3-2-4-7-18)26-14-10-17-8-9-20-19(16-17)11-15-28-20;/h2-4,6-9,16H,5,10-15H2,1H3,(H,24,27)(H2,23,25,26);1H. The maximum Gasteiger partial charge on any atom is 0.251 e. The summed E-state index contributed by atoms with van der Waals surface area (Å²) in [4.78, 5) is 16.2. The van der Waals surface area contributed by atoms with E-state index in [4.69, 9.17) is 4.74 Å². The molecule has 156 valence electrons. The number of benzene rings is 2. The Morgan fingerprint density at radius 3 is 2.59 bits per heavy atom. The highest BCUT2D eigenvalue weighted by molar-refractivity contribution is 14.0. The molecule has 0 aromatic heterocycles. The molecule has 6 nitrogen and oxygen atoms in total. The van der Waals surface area contributed by atoms with Gasteiger partial charge in [-0.3, -0.25) is 9.79 Å². The van der Waals surface area contributed by atoms with Gasteiger partial charge in [0, 0.05) is 38.7 Å². The Labute approximate surface area is 189 Å². The maximum absolute atomic E-state index is 12.0. The van der Waals surface area contributed by atoms with Crippen molar-refractivity contribution in [3.63, 3.8) is 0 Å². The lowest BCUT2D eigenvalue weighted by molar-refractivity contribution is 0.0953. The van der Waals surface area contributed by atoms with Crippen molar-refractivity contribution in [1.82, 2.24) is 16.0 Å². The van der Waals surface area contributed by atoms with Gasteiger partial charge in [-0.2, -0.15) is 0 Å². The van der Waals surface area contributed by atoms with Crippen LogP contribution in [0.3, 0.4) is 0 Å². The molecule has 0 spiro atoms. The van der Waals surface area contributed by atoms with Crippen LogP contribution in [-0.4, -0.2) is 45.2 Å². The lowest BCUT2D eigenvalue weighted by atomic mass is 10.1. The van der Waals surface area contributed by atoms with Gasteiger partial charge in [0.1, 0.15) is 5.75 Å². The third-order valence-corrected chi connectivity index (χ3v) is 4.65. The van der Waals surface area contributed by atoms with Gasteiger partial charge in [-0.1, -0.05) is 30.3 Å². The minimum Gasteiger partial charge on any atom is -0.493 e. The quantitative estimate of drug-likeness (QED) is 0.222. The summed E-state index contributed by atoms with van der Waals surface area (Å²) in [6.07, 6.45) is 2.76. The Kier molecular flexibility index (Phi) is 9.76. The third kappa shape index (κ3) is 7.23. The molecule has 0 radical (unpaired) electrons. The van der Waals surface area contributed by atoms with Crippen LogP contribution in [0.4, 0.5) is 0 Å². The smallest absolute Gasteiger partial charge is 0.251 e. The highest BCUT2D eigenvalue weighted by Crippen LogP contribution is 2.25. The number of carbonyl (C=O) groups excluding carboxylic acids is 1. The molecule has 0 unspecified atom stereocenters. The number of ether oxygens (including phenoxy) is 1. The second kappa shape index (κ2) is 12.3. The van der Waals surface area contributed by atoms with E-state index in [1.54, 1.807) is 7.05 Å². The van der Waals surface area contributed by atoms with Gasteiger partial charge in [0.05, 0.1) is 6.61 Å². The van der Waals surface area contributed by atoms with Crippen LogP contribution in [-0.2, 0) is 12.8 Å². The van der Waals surface area contributed by atoms with Gasteiger partial charge in [0.15, 0.2) is 5.96 Å². The normalized spacial score (nSPS) is 12.4. The first-order chi connectivity index (χ1) is 13.8. The third-order valence-electron chi connectivity index (χ3n) is 4.65. The molecule has 0 atom stereocenters. The molecule has 0 bridgehead atoms. The van der Waals surface area contributed by atoms with Gasteiger partial charge in [0.2, 0.25) is 0 Å². The number of hydrogen-bond acceptors (Lipinski definition) is 3. The number of nitrogens with zero attached hydrogens (tertiary/aromatic N) is 1. The Hall–Kier alpha value is -2.29. The van der Waals surface area contributed by atoms with Crippen molar-refractivity contribution in [3.05, 3.63) is 65.2 Å². The van der Waals surface area contributed by atoms with Crippen molar-refractivity contribution in [2.75, 3.05) is 33.3 Å². The van der Waals surface area contributed by atoms with Gasteiger partial charge < -0.3 is 20.7 Å². The van der Waals surface area contributed by atoms with Crippen LogP contribution in [0.15, 0.2) is 53.5 Å². The highest BCUT2D eigenvalue weighted by atomic mass is 127. The summed E-state index contributed by atoms with van der Waals surface area (Å²) < 4.78 is 5.55. The zero-order valence-corrected chi connectivity index (χ0v) is 19.1. The first-order valence-electron chi connectivity index (χ1n) is 9.78. The van der Waals surface area contributed by atoms with Crippen LogP contribution < -0.4 is 20.7 Å². The number of hydrogen-bond donors (Lipinski definition) is 3. The Morgan fingerprint density at radius 2 is 1.79 bits per heavy atom. The minimum atomic E-state index is -0.0390. The van der Waals surface area contributed by atoms with E-state index in [0.29, 0.717) is 12.1 Å². The van der Waals surface area contributed by atoms with Gasteiger partial charge >= 0.3 is 0 Å². The summed E-state index contributed by atoms with van der Waals surface area (Å²) in [7, 11) is 1.76. The number of halogens is 1. The van der Waals surface area contributed by atoms with E-state index in [1.807, 2.05) is 30.3 Å². The number of aliphatic imine (C=N–C) groups is 1. The summed E-state index contributed by atoms with van der Waals surface area (Å²) in [6, 6.07) is 15.7. The lowest BCUT2D eigenvalue weighted by Crippen LogP contribution is -2.39. The zero-order chi connectivity index (χ0) is 19.6. The van der Waals surface area contributed by atoms with Crippen LogP contribution in [0.25, 0.3) is 0 Å². The van der Waals surface area contributed by atoms with Crippen LogP contribution in [0.2, 0.25) is 0 Å². The van der Waals surface area contributed by atoms with Gasteiger partial charge in [-0.25, -0.2) is 0 Å². The fraction of sp³-hybridized carbons (Fsp3) is 0.364. The molecule has 7 heteroatoms. The SMILES string of the molecule is CN=C(NCCCNC(=O)c1ccccc1)NCCc1ccc2c(c1)CCO2.I. The van der Waals surface area contributed by atoms with E-state index in [1.165, 1.54) is 11.1 Å². The Morgan fingerprint density at radius 1 is 1.03 bits per heavy atom. The van der Waals surface area contributed by atoms with E-state index in [-0.39, 0.29) is 29.9 Å². The molecule has 0 aliphatic carbocycles. The van der Waals surface area contributed by atoms with Crippen molar-refractivity contribution >= 4 is 35.8 Å². The van der Waals surface area contributed by atoms with Crippen LogP contribution >= 0.6 is 24.0 Å². The van der Waals surface area contributed by atoms with Crippen molar-refractivity contribution < 1.29 is 9.53 Å². The second-order valence-corrected chi connectivity index (χ2v) is 6.69. The number of rotatable bonds is 8. The molecule has 1 amide bonds. The molecular formula is C22H29IN4O2. The summed E-state index contributed by atoms with van der Waals surface area (Å²) in [5, 5.41) is 9.54. The summed E-state index contributed by atoms with van der Waals surface area (Å²) >= 11 is 0. The fourth-order valence-electron chi connectivity index (χ4n) is 3.13. The average Bonchev–Trinajstić information content (AvgIpc) is 3.20. The first kappa shape index (κ1) is 23.0. The summed E-state index contributed by atoms with van der Waals surface area (Å²) in [5.74, 6) is 1.76. The molecular weight excluding hydrogens is 479 g/mol. The second-order valence-electron chi connectivity index (χ2n) is 6.69. The lowest BCUT2D eigenvalue weighted by Gasteiger charge is -2.12. The number of nitrogens with one attached hydrogen (secondary N) is 3. The van der Waals surface area contributed by atoms with Crippen molar-refractivity contribution in [2.45, 2.75) is 19.3 Å². The monoisotopic (exact) mass is 508 g/mol. The number of carbonyl (C=O) groups is 1. The topological polar surface area (TPSA) is 74.8 Å². The van der Waals surface area contributed by atoms with E-state index >= 15 is 0 Å². The number of amides is 1. The van der Waals surface area contributed by atoms with Crippen molar-refractivity contribution in [1.29, 1.82) is 0 Å². The zero-order valence-electron chi connectivity index (χ0n) is 16.7. The molecule has 2 aromatic carbocycles. The predicted octanol–water partition coefficient (Wildman–Crippen LogP) is 2.77. The summed E-state index contributed by atoms with van der Waals surface area (Å²) in [5.41, 5.74) is 3.29. The molecule has 0 saturated heterocycles. The molecule has 29 heavy (non-hydrogen) atoms. The number of guanidine groups is 1. The van der Waals surface area contributed by atoms with E-state index < -0.39 is 0 Å². The van der Waals surface area contributed by atoms with Crippen LogP contribution in [0, 0.1) is 0 Å². The van der Waals surface area contributed by atoms with Gasteiger partial charge in [-0.15, -0.1) is 24.0 Å². The van der Waals surface area contributed by atoms with E-state index in [0.717, 1.165) is 50.7 Å². The molecule has 1 aliphatic heterocycles. The maximum atomic E-state index is 12.0. The van der Waals surface area contributed by atoms with E-state index in [2.05, 4.69) is 39.1 Å². The molecule has 1 aliphatic rings. The fourth-order valence-corrected chi connectivity index (χ4v) is 3.13. The molecule has 1 heterocycles. The largest absolute Gasteiger partial charge is 0.493 e. The Bertz CT molecular complexity index is 812. The summed E-state index contributed by atoms with van der Waals surface area (Å²) in [6.45, 7) is 2.96. The highest BCUT2D eigenvalue weighted by Gasteiger charge is 2.11. The average molecular weight is 508 g/mol. The van der Waals surface area contributed by atoms with Crippen molar-refractivity contribution in [3.8, 4) is 5.75 Å². The number of fused-ring (bicyclic) bond motifs is 1. The molecule has 0 saturated carbocycles. The minimum absolute atomic E-state index is 0. The predicted molar refractivity (Wildman–Crippen MR) is 128 cm³/mol. The van der Waals surface area contributed by atoms with Gasteiger partial charge in [0.25, 0.3) is 5.91 Å². The van der Waals surface area contributed by atoms with Crippen molar-refractivity contribution in [2.24, 2.45) is 4.99 Å². The molecule has 3 N–H and O–H groups in total. The van der Waals surface area contributed by atoms with E-state index in [9.17, 15) is 4.79 Å². The molecule has 0 fully saturated rings. The first-order valence-corrected chi connectivity index (χ1v) is 9.78.